The van der Waals surface area contributed by atoms with Gasteiger partial charge in [0, 0.05) is 0 Å². The zero-order chi connectivity index (χ0) is 11.6. The zero-order valence-corrected chi connectivity index (χ0v) is 12.0. The summed E-state index contributed by atoms with van der Waals surface area (Å²) in [7, 11) is 0. The molecule has 15 heavy (non-hydrogen) atoms. The van der Waals surface area contributed by atoms with Crippen molar-refractivity contribution in [3.63, 3.8) is 0 Å². The van der Waals surface area contributed by atoms with Gasteiger partial charge in [0.2, 0.25) is 0 Å². The molecular formula is C13H23IO. The van der Waals surface area contributed by atoms with E-state index in [2.05, 4.69) is 29.5 Å². The number of aliphatic hydroxyl groups is 1. The molecule has 0 rings (SSSR count). The predicted octanol–water partition coefficient (Wildman–Crippen LogP) is 4.60. The van der Waals surface area contributed by atoms with E-state index in [9.17, 15) is 5.11 Å². The van der Waals surface area contributed by atoms with Gasteiger partial charge in [0.1, 0.15) is 0 Å². The lowest BCUT2D eigenvalue weighted by molar-refractivity contribution is 0.0814. The van der Waals surface area contributed by atoms with Crippen LogP contribution in [0.1, 0.15) is 52.4 Å². The number of halogens is 1. The van der Waals surface area contributed by atoms with Crippen LogP contribution in [-0.4, -0.2) is 10.7 Å². The SMILES string of the molecule is CC=CC(O)(C/C=C/I)CCCCCC. The van der Waals surface area contributed by atoms with Gasteiger partial charge < -0.3 is 5.11 Å². The molecule has 0 saturated heterocycles. The Morgan fingerprint density at radius 1 is 1.27 bits per heavy atom. The lowest BCUT2D eigenvalue weighted by atomic mass is 9.92. The van der Waals surface area contributed by atoms with Crippen molar-refractivity contribution in [2.45, 2.75) is 58.0 Å². The fourth-order valence-corrected chi connectivity index (χ4v) is 1.92. The van der Waals surface area contributed by atoms with Crippen molar-refractivity contribution in [2.75, 3.05) is 0 Å². The van der Waals surface area contributed by atoms with E-state index in [0.717, 1.165) is 19.3 Å². The second kappa shape index (κ2) is 9.40. The molecule has 1 nitrogen and oxygen atoms in total. The molecule has 0 aromatic rings. The van der Waals surface area contributed by atoms with Crippen molar-refractivity contribution < 1.29 is 5.11 Å². The monoisotopic (exact) mass is 322 g/mol. The van der Waals surface area contributed by atoms with Crippen LogP contribution in [0.3, 0.4) is 0 Å². The van der Waals surface area contributed by atoms with Crippen LogP contribution in [0.2, 0.25) is 0 Å². The molecule has 0 amide bonds. The summed E-state index contributed by atoms with van der Waals surface area (Å²) in [6.07, 6.45) is 12.4. The predicted molar refractivity (Wildman–Crippen MR) is 76.3 cm³/mol. The highest BCUT2D eigenvalue weighted by molar-refractivity contribution is 14.1. The molecule has 1 unspecified atom stereocenters. The minimum Gasteiger partial charge on any atom is -0.385 e. The number of allylic oxidation sites excluding steroid dienone is 1. The van der Waals surface area contributed by atoms with Gasteiger partial charge in [-0.2, -0.15) is 0 Å². The third kappa shape index (κ3) is 8.03. The first-order valence-corrected chi connectivity index (χ1v) is 7.04. The minimum atomic E-state index is -0.621. The standard InChI is InChI=1S/C13H23IO/c1-3-5-6-7-10-13(15,9-4-2)11-8-12-14/h4,8-9,12,15H,3,5-7,10-11H2,1-2H3/b9-4?,12-8+. The van der Waals surface area contributed by atoms with Crippen LogP contribution in [0, 0.1) is 0 Å². The Balaban J connectivity index is 4.01. The normalized spacial score (nSPS) is 16.3. The van der Waals surface area contributed by atoms with Gasteiger partial charge in [-0.1, -0.05) is 73.4 Å². The average molecular weight is 322 g/mol. The second-order valence-corrected chi connectivity index (χ2v) is 4.70. The van der Waals surface area contributed by atoms with Gasteiger partial charge in [-0.25, -0.2) is 0 Å². The molecule has 0 radical (unpaired) electrons. The van der Waals surface area contributed by atoms with E-state index in [0.29, 0.717) is 0 Å². The maximum Gasteiger partial charge on any atom is 0.0862 e. The number of hydrogen-bond donors (Lipinski definition) is 1. The van der Waals surface area contributed by atoms with Crippen LogP contribution in [-0.2, 0) is 0 Å². The summed E-state index contributed by atoms with van der Waals surface area (Å²) in [5, 5.41) is 10.3. The lowest BCUT2D eigenvalue weighted by Gasteiger charge is -2.23. The summed E-state index contributed by atoms with van der Waals surface area (Å²) in [6.45, 7) is 4.17. The van der Waals surface area contributed by atoms with E-state index >= 15 is 0 Å². The first-order valence-electron chi connectivity index (χ1n) is 5.80. The second-order valence-electron chi connectivity index (χ2n) is 3.98. The van der Waals surface area contributed by atoms with Crippen molar-refractivity contribution in [2.24, 2.45) is 0 Å². The molecule has 0 heterocycles. The van der Waals surface area contributed by atoms with E-state index in [1.165, 1.54) is 19.3 Å². The minimum absolute atomic E-state index is 0.621. The van der Waals surface area contributed by atoms with E-state index in [1.807, 2.05) is 29.2 Å². The Kier molecular flexibility index (Phi) is 9.51. The highest BCUT2D eigenvalue weighted by atomic mass is 127. The molecule has 0 aromatic carbocycles. The molecule has 0 aromatic heterocycles. The van der Waals surface area contributed by atoms with Gasteiger partial charge in [0.25, 0.3) is 0 Å². The van der Waals surface area contributed by atoms with Crippen molar-refractivity contribution in [1.82, 2.24) is 0 Å². The quantitative estimate of drug-likeness (QED) is 0.393. The van der Waals surface area contributed by atoms with Gasteiger partial charge in [0.15, 0.2) is 0 Å². The van der Waals surface area contributed by atoms with Gasteiger partial charge in [-0.15, -0.1) is 0 Å². The third-order valence-corrected chi connectivity index (χ3v) is 3.01. The maximum absolute atomic E-state index is 10.3. The maximum atomic E-state index is 10.3. The van der Waals surface area contributed by atoms with Gasteiger partial charge in [-0.3, -0.25) is 0 Å². The van der Waals surface area contributed by atoms with Crippen LogP contribution in [0.4, 0.5) is 0 Å². The van der Waals surface area contributed by atoms with Gasteiger partial charge in [-0.05, 0) is 23.8 Å². The smallest absolute Gasteiger partial charge is 0.0862 e. The largest absolute Gasteiger partial charge is 0.385 e. The van der Waals surface area contributed by atoms with E-state index < -0.39 is 5.60 Å². The molecular weight excluding hydrogens is 299 g/mol. The van der Waals surface area contributed by atoms with Crippen LogP contribution in [0.5, 0.6) is 0 Å². The van der Waals surface area contributed by atoms with E-state index in [4.69, 9.17) is 0 Å². The summed E-state index contributed by atoms with van der Waals surface area (Å²) >= 11 is 2.19. The highest BCUT2D eigenvalue weighted by Gasteiger charge is 2.20. The van der Waals surface area contributed by atoms with Gasteiger partial charge in [0.05, 0.1) is 5.60 Å². The summed E-state index contributed by atoms with van der Waals surface area (Å²) in [4.78, 5) is 0. The summed E-state index contributed by atoms with van der Waals surface area (Å²) < 4.78 is 1.97. The molecule has 1 N–H and O–H groups in total. The molecule has 2 heteroatoms. The number of hydrogen-bond acceptors (Lipinski definition) is 1. The third-order valence-electron chi connectivity index (χ3n) is 2.50. The summed E-state index contributed by atoms with van der Waals surface area (Å²) in [5.74, 6) is 0. The molecule has 0 aliphatic carbocycles. The highest BCUT2D eigenvalue weighted by Crippen LogP contribution is 2.22. The molecule has 0 aliphatic heterocycles. The Hall–Kier alpha value is 0.170. The Bertz CT molecular complexity index is 199. The fourth-order valence-electron chi connectivity index (χ4n) is 1.67. The van der Waals surface area contributed by atoms with E-state index in [-0.39, 0.29) is 0 Å². The molecule has 0 bridgehead atoms. The Labute approximate surface area is 108 Å². The molecule has 0 spiro atoms. The van der Waals surface area contributed by atoms with Crippen LogP contribution >= 0.6 is 22.6 Å². The number of unbranched alkanes of at least 4 members (excludes halogenated alkanes) is 3. The van der Waals surface area contributed by atoms with E-state index in [1.54, 1.807) is 0 Å². The molecule has 88 valence electrons. The zero-order valence-electron chi connectivity index (χ0n) is 9.88. The first kappa shape index (κ1) is 15.2. The van der Waals surface area contributed by atoms with Gasteiger partial charge >= 0.3 is 0 Å². The average Bonchev–Trinajstić information content (AvgIpc) is 2.22. The fraction of sp³-hybridized carbons (Fsp3) is 0.692. The van der Waals surface area contributed by atoms with Crippen molar-refractivity contribution in [3.05, 3.63) is 22.3 Å². The lowest BCUT2D eigenvalue weighted by Crippen LogP contribution is -2.24. The van der Waals surface area contributed by atoms with Crippen LogP contribution < -0.4 is 0 Å². The first-order chi connectivity index (χ1) is 7.18. The molecule has 0 fully saturated rings. The van der Waals surface area contributed by atoms with Crippen LogP contribution in [0.25, 0.3) is 0 Å². The topological polar surface area (TPSA) is 20.2 Å². The Morgan fingerprint density at radius 3 is 2.53 bits per heavy atom. The van der Waals surface area contributed by atoms with Crippen molar-refractivity contribution in [3.8, 4) is 0 Å². The summed E-state index contributed by atoms with van der Waals surface area (Å²) in [5.41, 5.74) is -0.621. The molecule has 1 atom stereocenters. The van der Waals surface area contributed by atoms with Crippen molar-refractivity contribution >= 4 is 22.6 Å². The van der Waals surface area contributed by atoms with Crippen molar-refractivity contribution in [1.29, 1.82) is 0 Å². The summed E-state index contributed by atoms with van der Waals surface area (Å²) in [6, 6.07) is 0. The Morgan fingerprint density at radius 2 is 2.00 bits per heavy atom. The molecule has 0 saturated carbocycles. The number of rotatable bonds is 8. The van der Waals surface area contributed by atoms with Crippen LogP contribution in [0.15, 0.2) is 22.3 Å². The molecule has 0 aliphatic rings.